The number of hydrogen-bond acceptors (Lipinski definition) is 3. The summed E-state index contributed by atoms with van der Waals surface area (Å²) in [5.74, 6) is -0.239. The summed E-state index contributed by atoms with van der Waals surface area (Å²) < 4.78 is 5.03. The van der Waals surface area contributed by atoms with Gasteiger partial charge in [0.2, 0.25) is 0 Å². The number of ether oxygens (including phenoxy) is 1. The lowest BCUT2D eigenvalue weighted by molar-refractivity contribution is 0.0820. The second-order valence-corrected chi connectivity index (χ2v) is 4.92. The molecule has 102 valence electrons. The van der Waals surface area contributed by atoms with Crippen LogP contribution in [0.4, 0.5) is 5.69 Å². The zero-order chi connectivity index (χ0) is 13.1. The van der Waals surface area contributed by atoms with Crippen molar-refractivity contribution in [2.24, 2.45) is 0 Å². The molecule has 0 radical (unpaired) electrons. The quantitative estimate of drug-likeness (QED) is 0.838. The molecule has 0 heterocycles. The van der Waals surface area contributed by atoms with Crippen molar-refractivity contribution in [3.63, 3.8) is 0 Å². The standard InChI is InChI=1S/C12H17ClN2O2.ClH/c1-12(2,7-17-3)15-11(16)9-5-4-8(14)6-10(9)13;/h4-6H,7,14H2,1-3H3,(H,15,16);1H. The number of nitrogens with one attached hydrogen (secondary N) is 1. The van der Waals surface area contributed by atoms with Crippen LogP contribution in [0.2, 0.25) is 5.02 Å². The van der Waals surface area contributed by atoms with Crippen LogP contribution in [0.15, 0.2) is 18.2 Å². The Balaban J connectivity index is 0.00000289. The lowest BCUT2D eigenvalue weighted by Gasteiger charge is -2.25. The van der Waals surface area contributed by atoms with Crippen LogP contribution in [0.3, 0.4) is 0 Å². The first-order valence-electron chi connectivity index (χ1n) is 5.22. The first-order chi connectivity index (χ1) is 7.85. The summed E-state index contributed by atoms with van der Waals surface area (Å²) in [6, 6.07) is 4.81. The van der Waals surface area contributed by atoms with Crippen molar-refractivity contribution in [1.82, 2.24) is 5.32 Å². The number of carbonyl (C=O) groups excluding carboxylic acids is 1. The molecule has 3 N–H and O–H groups in total. The van der Waals surface area contributed by atoms with Crippen LogP contribution in [0, 0.1) is 0 Å². The van der Waals surface area contributed by atoms with E-state index in [9.17, 15) is 4.79 Å². The highest BCUT2D eigenvalue weighted by molar-refractivity contribution is 6.34. The molecule has 1 aromatic rings. The minimum atomic E-state index is -0.448. The van der Waals surface area contributed by atoms with Gasteiger partial charge in [0.1, 0.15) is 0 Å². The van der Waals surface area contributed by atoms with E-state index < -0.39 is 5.54 Å². The topological polar surface area (TPSA) is 64.3 Å². The number of methoxy groups -OCH3 is 1. The minimum absolute atomic E-state index is 0. The molecule has 0 fully saturated rings. The SMILES string of the molecule is COCC(C)(C)NC(=O)c1ccc(N)cc1Cl.Cl. The maximum absolute atomic E-state index is 12.0. The molecule has 0 saturated carbocycles. The summed E-state index contributed by atoms with van der Waals surface area (Å²) >= 11 is 5.96. The molecule has 0 aliphatic rings. The molecule has 0 aliphatic carbocycles. The fourth-order valence-corrected chi connectivity index (χ4v) is 1.76. The molecule has 0 saturated heterocycles. The van der Waals surface area contributed by atoms with Crippen LogP contribution in [0.5, 0.6) is 0 Å². The van der Waals surface area contributed by atoms with Crippen LogP contribution >= 0.6 is 24.0 Å². The van der Waals surface area contributed by atoms with Gasteiger partial charge in [0, 0.05) is 12.8 Å². The molecule has 0 spiro atoms. The zero-order valence-corrected chi connectivity index (χ0v) is 12.2. The van der Waals surface area contributed by atoms with Crippen molar-refractivity contribution in [2.45, 2.75) is 19.4 Å². The Morgan fingerprint density at radius 1 is 1.50 bits per heavy atom. The van der Waals surface area contributed by atoms with Gasteiger partial charge in [0.25, 0.3) is 5.91 Å². The van der Waals surface area contributed by atoms with Gasteiger partial charge in [0.15, 0.2) is 0 Å². The van der Waals surface area contributed by atoms with Gasteiger partial charge >= 0.3 is 0 Å². The molecule has 1 rings (SSSR count). The first kappa shape index (κ1) is 17.0. The van der Waals surface area contributed by atoms with Crippen LogP contribution in [-0.4, -0.2) is 25.2 Å². The fourth-order valence-electron chi connectivity index (χ4n) is 1.49. The number of amides is 1. The number of rotatable bonds is 4. The van der Waals surface area contributed by atoms with Crippen molar-refractivity contribution in [1.29, 1.82) is 0 Å². The lowest BCUT2D eigenvalue weighted by Crippen LogP contribution is -2.46. The minimum Gasteiger partial charge on any atom is -0.399 e. The third-order valence-corrected chi connectivity index (χ3v) is 2.51. The summed E-state index contributed by atoms with van der Waals surface area (Å²) in [5.41, 5.74) is 6.06. The van der Waals surface area contributed by atoms with Gasteiger partial charge in [-0.2, -0.15) is 0 Å². The van der Waals surface area contributed by atoms with Gasteiger partial charge < -0.3 is 15.8 Å². The predicted molar refractivity (Wildman–Crippen MR) is 76.5 cm³/mol. The maximum Gasteiger partial charge on any atom is 0.253 e. The van der Waals surface area contributed by atoms with E-state index in [4.69, 9.17) is 22.1 Å². The van der Waals surface area contributed by atoms with E-state index in [1.165, 1.54) is 0 Å². The van der Waals surface area contributed by atoms with E-state index in [1.54, 1.807) is 25.3 Å². The Morgan fingerprint density at radius 3 is 2.61 bits per heavy atom. The fraction of sp³-hybridized carbons (Fsp3) is 0.417. The molecule has 1 amide bonds. The number of anilines is 1. The number of carbonyl (C=O) groups is 1. The number of benzene rings is 1. The summed E-state index contributed by atoms with van der Waals surface area (Å²) in [7, 11) is 1.59. The average molecular weight is 293 g/mol. The normalized spacial score (nSPS) is 10.7. The van der Waals surface area contributed by atoms with Crippen LogP contribution in [0.25, 0.3) is 0 Å². The van der Waals surface area contributed by atoms with E-state index in [0.717, 1.165) is 0 Å². The Bertz CT molecular complexity index is 423. The highest BCUT2D eigenvalue weighted by atomic mass is 35.5. The smallest absolute Gasteiger partial charge is 0.253 e. The predicted octanol–water partition coefficient (Wildman–Crippen LogP) is 2.50. The van der Waals surface area contributed by atoms with Crippen LogP contribution in [0.1, 0.15) is 24.2 Å². The molecule has 0 unspecified atom stereocenters. The number of nitrogen functional groups attached to an aromatic ring is 1. The molecule has 0 aliphatic heterocycles. The average Bonchev–Trinajstić information content (AvgIpc) is 2.15. The van der Waals surface area contributed by atoms with Crippen LogP contribution < -0.4 is 11.1 Å². The Kier molecular flexibility index (Phi) is 6.46. The van der Waals surface area contributed by atoms with Crippen molar-refractivity contribution in [3.05, 3.63) is 28.8 Å². The largest absolute Gasteiger partial charge is 0.399 e. The highest BCUT2D eigenvalue weighted by Gasteiger charge is 2.22. The summed E-state index contributed by atoms with van der Waals surface area (Å²) in [5, 5.41) is 3.19. The molecule has 0 bridgehead atoms. The van der Waals surface area contributed by atoms with E-state index in [0.29, 0.717) is 22.9 Å². The van der Waals surface area contributed by atoms with Crippen molar-refractivity contribution in [2.75, 3.05) is 19.5 Å². The highest BCUT2D eigenvalue weighted by Crippen LogP contribution is 2.19. The molecule has 4 nitrogen and oxygen atoms in total. The van der Waals surface area contributed by atoms with Crippen molar-refractivity contribution >= 4 is 35.6 Å². The van der Waals surface area contributed by atoms with Gasteiger partial charge in [-0.05, 0) is 32.0 Å². The second-order valence-electron chi connectivity index (χ2n) is 4.51. The van der Waals surface area contributed by atoms with Crippen LogP contribution in [-0.2, 0) is 4.74 Å². The van der Waals surface area contributed by atoms with Gasteiger partial charge in [-0.3, -0.25) is 4.79 Å². The van der Waals surface area contributed by atoms with Gasteiger partial charge in [-0.1, -0.05) is 11.6 Å². The third kappa shape index (κ3) is 4.72. The van der Waals surface area contributed by atoms with E-state index in [2.05, 4.69) is 5.32 Å². The zero-order valence-electron chi connectivity index (χ0n) is 10.6. The maximum atomic E-state index is 12.0. The number of halogens is 2. The Labute approximate surface area is 118 Å². The lowest BCUT2D eigenvalue weighted by atomic mass is 10.1. The summed E-state index contributed by atoms with van der Waals surface area (Å²) in [6.45, 7) is 4.17. The molecule has 18 heavy (non-hydrogen) atoms. The molecule has 0 aromatic heterocycles. The van der Waals surface area contributed by atoms with E-state index in [-0.39, 0.29) is 18.3 Å². The number of nitrogens with two attached hydrogens (primary N) is 1. The monoisotopic (exact) mass is 292 g/mol. The van der Waals surface area contributed by atoms with Crippen molar-refractivity contribution in [3.8, 4) is 0 Å². The summed E-state index contributed by atoms with van der Waals surface area (Å²) in [6.07, 6.45) is 0. The first-order valence-corrected chi connectivity index (χ1v) is 5.60. The summed E-state index contributed by atoms with van der Waals surface area (Å²) in [4.78, 5) is 12.0. The molecule has 6 heteroatoms. The van der Waals surface area contributed by atoms with Gasteiger partial charge in [0.05, 0.1) is 22.7 Å². The molecular formula is C12H18Cl2N2O2. The molecular weight excluding hydrogens is 275 g/mol. The third-order valence-electron chi connectivity index (χ3n) is 2.19. The molecule has 1 aromatic carbocycles. The van der Waals surface area contributed by atoms with Gasteiger partial charge in [-0.15, -0.1) is 12.4 Å². The van der Waals surface area contributed by atoms with Crippen molar-refractivity contribution < 1.29 is 9.53 Å². The number of hydrogen-bond donors (Lipinski definition) is 2. The van der Waals surface area contributed by atoms with E-state index in [1.807, 2.05) is 13.8 Å². The molecule has 0 atom stereocenters. The van der Waals surface area contributed by atoms with Gasteiger partial charge in [-0.25, -0.2) is 0 Å². The second kappa shape index (κ2) is 6.83. The van der Waals surface area contributed by atoms with E-state index >= 15 is 0 Å². The Morgan fingerprint density at radius 2 is 2.11 bits per heavy atom. The Hall–Kier alpha value is -0.970.